The standard InChI is InChI=1S/C17H18N2OS/c1-11(2)20-14-9-7-13(8-10-14)19-15-6-4-5-12(3)16(15)18-17(19)21/h4-11H,1-3H3,(H,18,21). The third-order valence-corrected chi connectivity index (χ3v) is 3.68. The molecule has 3 rings (SSSR count). The number of H-pyrrole nitrogens is 1. The van der Waals surface area contributed by atoms with Crippen molar-refractivity contribution < 1.29 is 4.74 Å². The van der Waals surface area contributed by atoms with Crippen LogP contribution < -0.4 is 4.74 Å². The third kappa shape index (κ3) is 2.59. The minimum Gasteiger partial charge on any atom is -0.491 e. The fourth-order valence-electron chi connectivity index (χ4n) is 2.48. The van der Waals surface area contributed by atoms with Gasteiger partial charge in [-0.3, -0.25) is 4.57 Å². The van der Waals surface area contributed by atoms with Gasteiger partial charge >= 0.3 is 0 Å². The predicted octanol–water partition coefficient (Wildman–Crippen LogP) is 4.78. The molecule has 0 saturated carbocycles. The summed E-state index contributed by atoms with van der Waals surface area (Å²) < 4.78 is 8.44. The van der Waals surface area contributed by atoms with Crippen molar-refractivity contribution in [2.45, 2.75) is 26.9 Å². The largest absolute Gasteiger partial charge is 0.491 e. The molecule has 2 aromatic carbocycles. The van der Waals surface area contributed by atoms with Gasteiger partial charge in [0.15, 0.2) is 4.77 Å². The number of ether oxygens (including phenoxy) is 1. The SMILES string of the molecule is Cc1cccc2c1[nH]c(=S)n2-c1ccc(OC(C)C)cc1. The van der Waals surface area contributed by atoms with Crippen molar-refractivity contribution in [3.8, 4) is 11.4 Å². The Hall–Kier alpha value is -2.07. The second kappa shape index (κ2) is 5.37. The Balaban J connectivity index is 2.10. The van der Waals surface area contributed by atoms with Gasteiger partial charge in [-0.15, -0.1) is 0 Å². The van der Waals surface area contributed by atoms with Crippen molar-refractivity contribution >= 4 is 23.3 Å². The van der Waals surface area contributed by atoms with Crippen molar-refractivity contribution in [2.75, 3.05) is 0 Å². The third-order valence-electron chi connectivity index (χ3n) is 3.39. The van der Waals surface area contributed by atoms with Gasteiger partial charge in [-0.2, -0.15) is 0 Å². The van der Waals surface area contributed by atoms with Crippen molar-refractivity contribution in [3.05, 3.63) is 52.8 Å². The monoisotopic (exact) mass is 298 g/mol. The molecule has 108 valence electrons. The number of aromatic amines is 1. The first kappa shape index (κ1) is 13.9. The summed E-state index contributed by atoms with van der Waals surface area (Å²) in [5.74, 6) is 0.872. The average molecular weight is 298 g/mol. The smallest absolute Gasteiger partial charge is 0.182 e. The first-order valence-electron chi connectivity index (χ1n) is 7.03. The van der Waals surface area contributed by atoms with Crippen LogP contribution in [0, 0.1) is 11.7 Å². The van der Waals surface area contributed by atoms with E-state index < -0.39 is 0 Å². The molecule has 0 amide bonds. The van der Waals surface area contributed by atoms with Gasteiger partial charge in [0, 0.05) is 5.69 Å². The molecule has 1 heterocycles. The van der Waals surface area contributed by atoms with E-state index in [1.165, 1.54) is 5.56 Å². The molecule has 0 unspecified atom stereocenters. The molecule has 0 aliphatic rings. The van der Waals surface area contributed by atoms with Crippen molar-refractivity contribution in [3.63, 3.8) is 0 Å². The fourth-order valence-corrected chi connectivity index (χ4v) is 2.78. The summed E-state index contributed by atoms with van der Waals surface area (Å²) in [5, 5.41) is 0. The highest BCUT2D eigenvalue weighted by atomic mass is 32.1. The Morgan fingerprint density at radius 1 is 1.10 bits per heavy atom. The van der Waals surface area contributed by atoms with Gasteiger partial charge in [-0.25, -0.2) is 0 Å². The Kier molecular flexibility index (Phi) is 3.55. The zero-order chi connectivity index (χ0) is 15.0. The van der Waals surface area contributed by atoms with E-state index >= 15 is 0 Å². The number of nitrogens with zero attached hydrogens (tertiary/aromatic N) is 1. The quantitative estimate of drug-likeness (QED) is 0.705. The van der Waals surface area contributed by atoms with Crippen LogP contribution in [0.2, 0.25) is 0 Å². The minimum absolute atomic E-state index is 0.175. The zero-order valence-electron chi connectivity index (χ0n) is 12.4. The van der Waals surface area contributed by atoms with E-state index in [4.69, 9.17) is 17.0 Å². The van der Waals surface area contributed by atoms with Gasteiger partial charge in [0.2, 0.25) is 0 Å². The number of aryl methyl sites for hydroxylation is 1. The van der Waals surface area contributed by atoms with Crippen LogP contribution in [0.25, 0.3) is 16.7 Å². The molecule has 0 spiro atoms. The highest BCUT2D eigenvalue weighted by Gasteiger charge is 2.08. The van der Waals surface area contributed by atoms with Gasteiger partial charge in [0.25, 0.3) is 0 Å². The first-order valence-corrected chi connectivity index (χ1v) is 7.44. The van der Waals surface area contributed by atoms with Gasteiger partial charge in [-0.1, -0.05) is 12.1 Å². The Bertz CT molecular complexity index is 828. The molecular weight excluding hydrogens is 280 g/mol. The number of imidazole rings is 1. The van der Waals surface area contributed by atoms with Gasteiger partial charge in [-0.05, 0) is 68.9 Å². The van der Waals surface area contributed by atoms with Crippen LogP contribution in [0.1, 0.15) is 19.4 Å². The zero-order valence-corrected chi connectivity index (χ0v) is 13.2. The van der Waals surface area contributed by atoms with Crippen molar-refractivity contribution in [1.82, 2.24) is 9.55 Å². The molecule has 0 atom stereocenters. The number of hydrogen-bond acceptors (Lipinski definition) is 2. The normalized spacial score (nSPS) is 11.2. The summed E-state index contributed by atoms with van der Waals surface area (Å²) in [4.78, 5) is 3.29. The summed E-state index contributed by atoms with van der Waals surface area (Å²) >= 11 is 5.47. The topological polar surface area (TPSA) is 29.9 Å². The number of para-hydroxylation sites is 1. The van der Waals surface area contributed by atoms with E-state index in [9.17, 15) is 0 Å². The Morgan fingerprint density at radius 2 is 1.81 bits per heavy atom. The molecule has 3 nitrogen and oxygen atoms in total. The number of rotatable bonds is 3. The lowest BCUT2D eigenvalue weighted by Gasteiger charge is -2.11. The number of nitrogens with one attached hydrogen (secondary N) is 1. The van der Waals surface area contributed by atoms with E-state index in [0.717, 1.165) is 22.5 Å². The molecule has 3 aromatic rings. The second-order valence-corrected chi connectivity index (χ2v) is 5.78. The van der Waals surface area contributed by atoms with Crippen LogP contribution in [0.15, 0.2) is 42.5 Å². The molecule has 1 aromatic heterocycles. The Labute approximate surface area is 129 Å². The molecule has 0 fully saturated rings. The Morgan fingerprint density at radius 3 is 2.48 bits per heavy atom. The fraction of sp³-hybridized carbons (Fsp3) is 0.235. The van der Waals surface area contributed by atoms with Crippen LogP contribution in [0.5, 0.6) is 5.75 Å². The van der Waals surface area contributed by atoms with Crippen molar-refractivity contribution in [1.29, 1.82) is 0 Å². The van der Waals surface area contributed by atoms with E-state index in [-0.39, 0.29) is 6.10 Å². The summed E-state index contributed by atoms with van der Waals surface area (Å²) in [7, 11) is 0. The van der Waals surface area contributed by atoms with Crippen molar-refractivity contribution in [2.24, 2.45) is 0 Å². The van der Waals surface area contributed by atoms with Gasteiger partial charge in [0.05, 0.1) is 17.1 Å². The lowest BCUT2D eigenvalue weighted by atomic mass is 10.2. The maximum atomic E-state index is 5.68. The molecule has 0 aliphatic heterocycles. The molecule has 21 heavy (non-hydrogen) atoms. The van der Waals surface area contributed by atoms with Crippen LogP contribution in [0.4, 0.5) is 0 Å². The van der Waals surface area contributed by atoms with E-state index in [2.05, 4.69) is 28.6 Å². The lowest BCUT2D eigenvalue weighted by molar-refractivity contribution is 0.242. The van der Waals surface area contributed by atoms with Crippen LogP contribution >= 0.6 is 12.2 Å². The lowest BCUT2D eigenvalue weighted by Crippen LogP contribution is -2.05. The van der Waals surface area contributed by atoms with Crippen LogP contribution in [-0.4, -0.2) is 15.7 Å². The maximum Gasteiger partial charge on any atom is 0.182 e. The number of fused-ring (bicyclic) bond motifs is 1. The molecule has 0 radical (unpaired) electrons. The molecule has 0 saturated heterocycles. The highest BCUT2D eigenvalue weighted by molar-refractivity contribution is 7.71. The first-order chi connectivity index (χ1) is 10.1. The predicted molar refractivity (Wildman–Crippen MR) is 89.0 cm³/mol. The number of aromatic nitrogens is 2. The van der Waals surface area contributed by atoms with E-state index in [1.807, 2.05) is 44.2 Å². The molecule has 4 heteroatoms. The second-order valence-electron chi connectivity index (χ2n) is 5.40. The van der Waals surface area contributed by atoms with Gasteiger partial charge in [0.1, 0.15) is 5.75 Å². The molecule has 0 bridgehead atoms. The minimum atomic E-state index is 0.175. The molecular formula is C17H18N2OS. The molecule has 1 N–H and O–H groups in total. The summed E-state index contributed by atoms with van der Waals surface area (Å²) in [6, 6.07) is 14.2. The maximum absolute atomic E-state index is 5.68. The van der Waals surface area contributed by atoms with Crippen LogP contribution in [-0.2, 0) is 0 Å². The molecule has 0 aliphatic carbocycles. The van der Waals surface area contributed by atoms with E-state index in [0.29, 0.717) is 4.77 Å². The number of hydrogen-bond donors (Lipinski definition) is 1. The summed E-state index contributed by atoms with van der Waals surface area (Å²) in [6.45, 7) is 6.12. The summed E-state index contributed by atoms with van der Waals surface area (Å²) in [6.07, 6.45) is 0.175. The van der Waals surface area contributed by atoms with E-state index in [1.54, 1.807) is 0 Å². The summed E-state index contributed by atoms with van der Waals surface area (Å²) in [5.41, 5.74) is 4.41. The van der Waals surface area contributed by atoms with Gasteiger partial charge < -0.3 is 9.72 Å². The highest BCUT2D eigenvalue weighted by Crippen LogP contribution is 2.23. The average Bonchev–Trinajstić information content (AvgIpc) is 2.77. The number of benzene rings is 2. The van der Waals surface area contributed by atoms with Crippen LogP contribution in [0.3, 0.4) is 0 Å².